The normalized spacial score (nSPS) is 36.1. The summed E-state index contributed by atoms with van der Waals surface area (Å²) in [4.78, 5) is 0.848. The highest BCUT2D eigenvalue weighted by molar-refractivity contribution is 7.93. The third-order valence-electron chi connectivity index (χ3n) is 9.25. The quantitative estimate of drug-likeness (QED) is 0.484. The van der Waals surface area contributed by atoms with E-state index in [1.165, 1.54) is 31.3 Å². The molecule has 4 rings (SSSR count). The van der Waals surface area contributed by atoms with Crippen LogP contribution in [0.2, 0.25) is 0 Å². The van der Waals surface area contributed by atoms with Crippen molar-refractivity contribution in [1.82, 2.24) is 0 Å². The molecule has 0 aromatic heterocycles. The van der Waals surface area contributed by atoms with Crippen molar-refractivity contribution in [3.8, 4) is 0 Å². The Balaban J connectivity index is 1.48. The van der Waals surface area contributed by atoms with Crippen LogP contribution in [0.1, 0.15) is 65.2 Å². The van der Waals surface area contributed by atoms with Gasteiger partial charge in [0, 0.05) is 24.1 Å². The van der Waals surface area contributed by atoms with E-state index in [9.17, 15) is 14.4 Å². The minimum atomic E-state index is -2.37. The molecule has 3 aliphatic rings. The Kier molecular flexibility index (Phi) is 8.09. The second-order valence-electron chi connectivity index (χ2n) is 11.3. The summed E-state index contributed by atoms with van der Waals surface area (Å²) >= 11 is 0. The predicted octanol–water partition coefficient (Wildman–Crippen LogP) is 6.31. The molecule has 3 aliphatic carbocycles. The highest BCUT2D eigenvalue weighted by Gasteiger charge is 2.50. The van der Waals surface area contributed by atoms with Gasteiger partial charge in [-0.25, -0.2) is 8.57 Å². The lowest BCUT2D eigenvalue weighted by molar-refractivity contribution is 0.0861. The fraction of sp³-hybridized carbons (Fsp3) is 0.600. The fourth-order valence-electron chi connectivity index (χ4n) is 7.17. The average Bonchev–Trinajstić information content (AvgIpc) is 3.21. The molecular weight excluding hydrogens is 454 g/mol. The van der Waals surface area contributed by atoms with Crippen LogP contribution in [0.15, 0.2) is 75.0 Å². The van der Waals surface area contributed by atoms with E-state index >= 15 is 0 Å². The zero-order valence-corrected chi connectivity index (χ0v) is 22.5. The van der Waals surface area contributed by atoms with E-state index in [4.69, 9.17) is 0 Å². The maximum absolute atomic E-state index is 13.6. The number of rotatable bonds is 6. The van der Waals surface area contributed by atoms with Crippen molar-refractivity contribution in [1.29, 1.82) is 0 Å². The van der Waals surface area contributed by atoms with Crippen LogP contribution in [0.25, 0.3) is 0 Å². The summed E-state index contributed by atoms with van der Waals surface area (Å²) < 4.78 is 17.9. The molecule has 0 spiro atoms. The Hall–Kier alpha value is -1.69. The van der Waals surface area contributed by atoms with E-state index in [-0.39, 0.29) is 5.41 Å². The Morgan fingerprint density at radius 2 is 1.97 bits per heavy atom. The number of hydrogen-bond donors (Lipinski definition) is 2. The van der Waals surface area contributed by atoms with E-state index in [1.54, 1.807) is 7.05 Å². The largest absolute Gasteiger partial charge is 0.393 e. The van der Waals surface area contributed by atoms with Crippen molar-refractivity contribution in [2.45, 2.75) is 82.3 Å². The number of allylic oxidation sites excluding steroid dienone is 3. The van der Waals surface area contributed by atoms with Gasteiger partial charge >= 0.3 is 0 Å². The van der Waals surface area contributed by atoms with Crippen LogP contribution in [-0.4, -0.2) is 39.4 Å². The number of aliphatic hydroxyl groups excluding tert-OH is 2. The summed E-state index contributed by atoms with van der Waals surface area (Å²) in [6.45, 7) is 8.91. The number of aliphatic hydroxyl groups is 2. The molecule has 4 nitrogen and oxygen atoms in total. The first-order chi connectivity index (χ1) is 16.7. The van der Waals surface area contributed by atoms with E-state index in [1.807, 2.05) is 30.3 Å². The van der Waals surface area contributed by atoms with Gasteiger partial charge in [0.25, 0.3) is 0 Å². The molecular formula is C30H43NO3S. The number of nitrogens with zero attached hydrogens (tertiary/aromatic N) is 1. The molecule has 5 heteroatoms. The first kappa shape index (κ1) is 26.4. The molecule has 0 aliphatic heterocycles. The van der Waals surface area contributed by atoms with Crippen molar-refractivity contribution in [2.24, 2.45) is 27.5 Å². The lowest BCUT2D eigenvalue weighted by Gasteiger charge is -2.44. The molecule has 7 atom stereocenters. The lowest BCUT2D eigenvalue weighted by Crippen LogP contribution is -2.36. The fourth-order valence-corrected chi connectivity index (χ4v) is 9.08. The van der Waals surface area contributed by atoms with Crippen molar-refractivity contribution in [3.63, 3.8) is 0 Å². The number of hydrogen-bond acceptors (Lipinski definition) is 4. The summed E-state index contributed by atoms with van der Waals surface area (Å²) in [7, 11) is -0.676. The molecule has 192 valence electrons. The third kappa shape index (κ3) is 5.38. The molecule has 3 fully saturated rings. The smallest absolute Gasteiger partial charge is 0.0811 e. The van der Waals surface area contributed by atoms with Crippen molar-refractivity contribution in [2.75, 3.05) is 12.8 Å². The highest BCUT2D eigenvalue weighted by Crippen LogP contribution is 2.59. The van der Waals surface area contributed by atoms with E-state index < -0.39 is 21.9 Å². The van der Waals surface area contributed by atoms with Crippen molar-refractivity contribution < 1.29 is 14.4 Å². The van der Waals surface area contributed by atoms with Gasteiger partial charge in [0.15, 0.2) is 0 Å². The standard InChI is InChI=1S/C30H43NO3S/c1-21(16-18-35(34,31-4)26-10-6-5-7-11-26)27-14-15-28-23(9-8-17-30(27,28)3)12-13-24-19-25(32)20-29(33)22(24)2/h5-7,10-13,21,25,27-29,32-33H,2,8-9,14-20H2,1,3-4H3/b23-12+,24-13-/t21-,25-,27-,28+,29+,30-,35?/m1/s1. The molecule has 0 amide bonds. The maximum atomic E-state index is 13.6. The zero-order chi connectivity index (χ0) is 25.2. The van der Waals surface area contributed by atoms with Crippen LogP contribution in [0.5, 0.6) is 0 Å². The molecule has 1 unspecified atom stereocenters. The van der Waals surface area contributed by atoms with Crippen LogP contribution in [-0.2, 0) is 9.73 Å². The van der Waals surface area contributed by atoms with E-state index in [0.29, 0.717) is 36.3 Å². The highest BCUT2D eigenvalue weighted by atomic mass is 32.2. The predicted molar refractivity (Wildman–Crippen MR) is 145 cm³/mol. The van der Waals surface area contributed by atoms with Gasteiger partial charge in [0.2, 0.25) is 0 Å². The van der Waals surface area contributed by atoms with Crippen LogP contribution in [0.3, 0.4) is 0 Å². The Bertz CT molecular complexity index is 1100. The maximum Gasteiger partial charge on any atom is 0.0811 e. The summed E-state index contributed by atoms with van der Waals surface area (Å²) in [6, 6.07) is 9.74. The summed E-state index contributed by atoms with van der Waals surface area (Å²) in [5.74, 6) is 2.31. The second-order valence-corrected chi connectivity index (χ2v) is 13.8. The molecule has 1 aromatic rings. The molecule has 1 aromatic carbocycles. The molecule has 0 saturated heterocycles. The van der Waals surface area contributed by atoms with E-state index in [2.05, 4.69) is 36.9 Å². The molecule has 0 heterocycles. The lowest BCUT2D eigenvalue weighted by atomic mass is 9.61. The second kappa shape index (κ2) is 10.7. The molecule has 0 radical (unpaired) electrons. The van der Waals surface area contributed by atoms with Crippen LogP contribution >= 0.6 is 0 Å². The Labute approximate surface area is 212 Å². The third-order valence-corrected chi connectivity index (χ3v) is 11.6. The SMILES string of the molecule is C=C1/C(=C\C=C2/CCC[C@]3(C)[C@@H]([C@H](C)CCS(=O)(=NC)c4ccccc4)CC[C@@H]23)C[C@@H](O)C[C@@H]1O. The first-order valence-corrected chi connectivity index (χ1v) is 15.0. The van der Waals surface area contributed by atoms with Gasteiger partial charge in [-0.2, -0.15) is 0 Å². The van der Waals surface area contributed by atoms with Crippen LogP contribution in [0, 0.1) is 23.2 Å². The molecule has 35 heavy (non-hydrogen) atoms. The Morgan fingerprint density at radius 1 is 1.23 bits per heavy atom. The van der Waals surface area contributed by atoms with Gasteiger partial charge < -0.3 is 10.2 Å². The zero-order valence-electron chi connectivity index (χ0n) is 21.7. The Morgan fingerprint density at radius 3 is 2.69 bits per heavy atom. The van der Waals surface area contributed by atoms with E-state index in [0.717, 1.165) is 28.9 Å². The number of benzene rings is 1. The van der Waals surface area contributed by atoms with Gasteiger partial charge in [-0.3, -0.25) is 0 Å². The van der Waals surface area contributed by atoms with Crippen LogP contribution < -0.4 is 0 Å². The first-order valence-electron chi connectivity index (χ1n) is 13.3. The molecule has 3 saturated carbocycles. The van der Waals surface area contributed by atoms with Gasteiger partial charge in [0.05, 0.1) is 21.9 Å². The van der Waals surface area contributed by atoms with Gasteiger partial charge in [-0.15, -0.1) is 0 Å². The van der Waals surface area contributed by atoms with Gasteiger partial charge in [-0.05, 0) is 91.4 Å². The van der Waals surface area contributed by atoms with Gasteiger partial charge in [-0.1, -0.05) is 56.4 Å². The van der Waals surface area contributed by atoms with Gasteiger partial charge in [0.1, 0.15) is 0 Å². The summed E-state index contributed by atoms with van der Waals surface area (Å²) in [5, 5.41) is 20.3. The summed E-state index contributed by atoms with van der Waals surface area (Å²) in [5.41, 5.74) is 3.52. The molecule has 0 bridgehead atoms. The van der Waals surface area contributed by atoms with Crippen LogP contribution in [0.4, 0.5) is 0 Å². The average molecular weight is 498 g/mol. The van der Waals surface area contributed by atoms with Crippen molar-refractivity contribution >= 4 is 9.73 Å². The molecule has 2 N–H and O–H groups in total. The summed E-state index contributed by atoms with van der Waals surface area (Å²) in [6.07, 6.45) is 11.1. The monoisotopic (exact) mass is 497 g/mol. The minimum absolute atomic E-state index is 0.265. The topological polar surface area (TPSA) is 69.9 Å². The minimum Gasteiger partial charge on any atom is -0.393 e. The van der Waals surface area contributed by atoms with Crippen molar-refractivity contribution in [3.05, 3.63) is 65.8 Å². The number of fused-ring (bicyclic) bond motifs is 1.